The molecule has 15 heavy (non-hydrogen) atoms. The van der Waals surface area contributed by atoms with Crippen LogP contribution in [0.25, 0.3) is 0 Å². The smallest absolute Gasteiger partial charge is 0.123 e. The zero-order valence-corrected chi connectivity index (χ0v) is 10.0. The number of hydrogen-bond donors (Lipinski definition) is 1. The fourth-order valence-corrected chi connectivity index (χ4v) is 2.19. The topological polar surface area (TPSA) is 12.0 Å². The molecule has 0 saturated carbocycles. The van der Waals surface area contributed by atoms with Gasteiger partial charge in [0.2, 0.25) is 0 Å². The lowest BCUT2D eigenvalue weighted by molar-refractivity contribution is 0.533. The quantitative estimate of drug-likeness (QED) is 0.800. The second kappa shape index (κ2) is 5.26. The Balaban J connectivity index is 3.11. The van der Waals surface area contributed by atoms with Crippen molar-refractivity contribution in [1.82, 2.24) is 5.32 Å². The van der Waals surface area contributed by atoms with E-state index in [0.717, 1.165) is 24.0 Å². The summed E-state index contributed by atoms with van der Waals surface area (Å²) in [6.07, 6.45) is 2.21. The minimum atomic E-state index is -0.139. The first-order chi connectivity index (χ1) is 7.10. The van der Waals surface area contributed by atoms with E-state index in [1.54, 1.807) is 12.1 Å². The van der Waals surface area contributed by atoms with Crippen LogP contribution < -0.4 is 5.32 Å². The van der Waals surface area contributed by atoms with Gasteiger partial charge in [0, 0.05) is 6.04 Å². The van der Waals surface area contributed by atoms with E-state index in [4.69, 9.17) is 0 Å². The third kappa shape index (κ3) is 2.78. The lowest BCUT2D eigenvalue weighted by Crippen LogP contribution is -2.18. The minimum Gasteiger partial charge on any atom is -0.313 e. The van der Waals surface area contributed by atoms with Crippen molar-refractivity contribution in [2.24, 2.45) is 0 Å². The van der Waals surface area contributed by atoms with Crippen molar-refractivity contribution < 1.29 is 4.39 Å². The Morgan fingerprint density at radius 2 is 1.80 bits per heavy atom. The maximum absolute atomic E-state index is 13.1. The van der Waals surface area contributed by atoms with Gasteiger partial charge < -0.3 is 5.32 Å². The highest BCUT2D eigenvalue weighted by Gasteiger charge is 2.14. The largest absolute Gasteiger partial charge is 0.313 e. The van der Waals surface area contributed by atoms with Crippen LogP contribution in [0.3, 0.4) is 0 Å². The summed E-state index contributed by atoms with van der Waals surface area (Å²) in [6, 6.07) is 3.57. The maximum Gasteiger partial charge on any atom is 0.123 e. The molecule has 1 atom stereocenters. The molecule has 1 nitrogen and oxygen atoms in total. The Morgan fingerprint density at radius 3 is 2.20 bits per heavy atom. The fraction of sp³-hybridized carbons (Fsp3) is 0.538. The van der Waals surface area contributed by atoms with Crippen LogP contribution in [-0.4, -0.2) is 7.05 Å². The predicted molar refractivity (Wildman–Crippen MR) is 62.6 cm³/mol. The van der Waals surface area contributed by atoms with Gasteiger partial charge in [-0.25, -0.2) is 4.39 Å². The molecule has 1 rings (SSSR count). The van der Waals surface area contributed by atoms with Crippen molar-refractivity contribution in [3.63, 3.8) is 0 Å². The number of aryl methyl sites for hydroxylation is 2. The molecule has 0 aromatic heterocycles. The molecule has 0 aliphatic carbocycles. The van der Waals surface area contributed by atoms with Crippen molar-refractivity contribution in [2.75, 3.05) is 7.05 Å². The first kappa shape index (κ1) is 12.2. The van der Waals surface area contributed by atoms with Crippen LogP contribution in [0.4, 0.5) is 4.39 Å². The second-order valence-corrected chi connectivity index (χ2v) is 4.08. The molecule has 1 N–H and O–H groups in total. The molecule has 0 saturated heterocycles. The average Bonchev–Trinajstić information content (AvgIpc) is 2.14. The van der Waals surface area contributed by atoms with E-state index >= 15 is 0 Å². The summed E-state index contributed by atoms with van der Waals surface area (Å²) < 4.78 is 13.1. The van der Waals surface area contributed by atoms with Gasteiger partial charge in [0.05, 0.1) is 0 Å². The normalized spacial score (nSPS) is 12.9. The minimum absolute atomic E-state index is 0.139. The second-order valence-electron chi connectivity index (χ2n) is 4.08. The summed E-state index contributed by atoms with van der Waals surface area (Å²) in [5.41, 5.74) is 3.33. The van der Waals surface area contributed by atoms with Crippen LogP contribution in [0, 0.1) is 19.7 Å². The van der Waals surface area contributed by atoms with E-state index in [-0.39, 0.29) is 5.82 Å². The van der Waals surface area contributed by atoms with E-state index in [0.29, 0.717) is 6.04 Å². The van der Waals surface area contributed by atoms with Gasteiger partial charge in [-0.3, -0.25) is 0 Å². The summed E-state index contributed by atoms with van der Waals surface area (Å²) in [5, 5.41) is 3.30. The van der Waals surface area contributed by atoms with Crippen LogP contribution in [0.5, 0.6) is 0 Å². The molecular formula is C13H20FN. The highest BCUT2D eigenvalue weighted by molar-refractivity contribution is 5.36. The SMILES string of the molecule is CCCC(NC)c1c(C)cc(F)cc1C. The Morgan fingerprint density at radius 1 is 1.27 bits per heavy atom. The van der Waals surface area contributed by atoms with E-state index in [2.05, 4.69) is 12.2 Å². The average molecular weight is 209 g/mol. The number of hydrogen-bond acceptors (Lipinski definition) is 1. The number of rotatable bonds is 4. The van der Waals surface area contributed by atoms with Crippen molar-refractivity contribution in [1.29, 1.82) is 0 Å². The number of nitrogens with one attached hydrogen (secondary N) is 1. The van der Waals surface area contributed by atoms with Crippen LogP contribution >= 0.6 is 0 Å². The molecule has 1 aromatic rings. The standard InChI is InChI=1S/C13H20FN/c1-5-6-12(15-4)13-9(2)7-11(14)8-10(13)3/h7-8,12,15H,5-6H2,1-4H3. The van der Waals surface area contributed by atoms with Gasteiger partial charge >= 0.3 is 0 Å². The summed E-state index contributed by atoms with van der Waals surface area (Å²) in [5.74, 6) is -0.139. The summed E-state index contributed by atoms with van der Waals surface area (Å²) in [6.45, 7) is 6.12. The molecule has 0 amide bonds. The highest BCUT2D eigenvalue weighted by atomic mass is 19.1. The van der Waals surface area contributed by atoms with Gasteiger partial charge in [-0.2, -0.15) is 0 Å². The van der Waals surface area contributed by atoms with Gasteiger partial charge in [0.25, 0.3) is 0 Å². The third-order valence-corrected chi connectivity index (χ3v) is 2.83. The highest BCUT2D eigenvalue weighted by Crippen LogP contribution is 2.26. The van der Waals surface area contributed by atoms with E-state index in [1.807, 2.05) is 20.9 Å². The van der Waals surface area contributed by atoms with Gasteiger partial charge in [-0.15, -0.1) is 0 Å². The molecule has 0 radical (unpaired) electrons. The van der Waals surface area contributed by atoms with Crippen molar-refractivity contribution in [3.8, 4) is 0 Å². The molecule has 0 heterocycles. The monoisotopic (exact) mass is 209 g/mol. The van der Waals surface area contributed by atoms with Crippen LogP contribution in [0.15, 0.2) is 12.1 Å². The maximum atomic E-state index is 13.1. The summed E-state index contributed by atoms with van der Waals surface area (Å²) in [7, 11) is 1.96. The Kier molecular flexibility index (Phi) is 4.28. The predicted octanol–water partition coefficient (Wildman–Crippen LogP) is 3.50. The van der Waals surface area contributed by atoms with Crippen LogP contribution in [0.2, 0.25) is 0 Å². The molecule has 0 aliphatic rings. The van der Waals surface area contributed by atoms with Crippen LogP contribution in [0.1, 0.15) is 42.5 Å². The van der Waals surface area contributed by atoms with Crippen molar-refractivity contribution in [2.45, 2.75) is 39.7 Å². The fourth-order valence-electron chi connectivity index (χ4n) is 2.19. The first-order valence-corrected chi connectivity index (χ1v) is 5.54. The number of halogens is 1. The molecule has 0 bridgehead atoms. The zero-order valence-electron chi connectivity index (χ0n) is 10.0. The molecule has 84 valence electrons. The summed E-state index contributed by atoms with van der Waals surface area (Å²) in [4.78, 5) is 0. The van der Waals surface area contributed by atoms with Crippen molar-refractivity contribution in [3.05, 3.63) is 34.6 Å². The first-order valence-electron chi connectivity index (χ1n) is 5.54. The molecule has 0 aliphatic heterocycles. The Hall–Kier alpha value is -0.890. The van der Waals surface area contributed by atoms with Crippen LogP contribution in [-0.2, 0) is 0 Å². The van der Waals surface area contributed by atoms with E-state index in [1.165, 1.54) is 5.56 Å². The van der Waals surface area contributed by atoms with Gasteiger partial charge in [-0.05, 0) is 56.1 Å². The van der Waals surface area contributed by atoms with E-state index in [9.17, 15) is 4.39 Å². The zero-order chi connectivity index (χ0) is 11.4. The molecule has 0 spiro atoms. The lowest BCUT2D eigenvalue weighted by atomic mass is 9.93. The Labute approximate surface area is 91.7 Å². The van der Waals surface area contributed by atoms with Crippen molar-refractivity contribution >= 4 is 0 Å². The molecule has 0 fully saturated rings. The molecule has 1 aromatic carbocycles. The third-order valence-electron chi connectivity index (χ3n) is 2.83. The Bertz CT molecular complexity index is 310. The number of benzene rings is 1. The molecular weight excluding hydrogens is 189 g/mol. The van der Waals surface area contributed by atoms with Gasteiger partial charge in [-0.1, -0.05) is 13.3 Å². The molecule has 1 unspecified atom stereocenters. The van der Waals surface area contributed by atoms with Gasteiger partial charge in [0.1, 0.15) is 5.82 Å². The lowest BCUT2D eigenvalue weighted by Gasteiger charge is -2.20. The van der Waals surface area contributed by atoms with E-state index < -0.39 is 0 Å². The van der Waals surface area contributed by atoms with Gasteiger partial charge in [0.15, 0.2) is 0 Å². The molecule has 2 heteroatoms. The summed E-state index contributed by atoms with van der Waals surface area (Å²) >= 11 is 0.